The summed E-state index contributed by atoms with van der Waals surface area (Å²) in [6.45, 7) is 2.12. The molecule has 25 heavy (non-hydrogen) atoms. The molecule has 3 rings (SSSR count). The first-order valence-corrected chi connectivity index (χ1v) is 10.1. The van der Waals surface area contributed by atoms with Crippen molar-refractivity contribution in [3.05, 3.63) is 28.4 Å². The number of aryl methyl sites for hydroxylation is 2. The molecule has 1 aliphatic carbocycles. The van der Waals surface area contributed by atoms with E-state index in [1.807, 2.05) is 17.8 Å². The number of ether oxygens (including phenoxy) is 1. The van der Waals surface area contributed by atoms with Crippen LogP contribution in [0.2, 0.25) is 0 Å². The first-order chi connectivity index (χ1) is 12.1. The van der Waals surface area contributed by atoms with Gasteiger partial charge < -0.3 is 14.6 Å². The summed E-state index contributed by atoms with van der Waals surface area (Å²) in [5, 5.41) is 4.31. The van der Waals surface area contributed by atoms with E-state index in [-0.39, 0.29) is 17.6 Å². The second-order valence-electron chi connectivity index (χ2n) is 5.79. The predicted octanol–water partition coefficient (Wildman–Crippen LogP) is 3.27. The van der Waals surface area contributed by atoms with E-state index in [0.717, 1.165) is 36.4 Å². The molecule has 2 heterocycles. The molecule has 6 nitrogen and oxygen atoms in total. The fourth-order valence-electron chi connectivity index (χ4n) is 2.86. The van der Waals surface area contributed by atoms with Crippen molar-refractivity contribution in [3.8, 4) is 0 Å². The molecule has 1 aliphatic rings. The van der Waals surface area contributed by atoms with Gasteiger partial charge >= 0.3 is 5.97 Å². The zero-order valence-electron chi connectivity index (χ0n) is 14.3. The van der Waals surface area contributed by atoms with Gasteiger partial charge in [0.2, 0.25) is 5.91 Å². The first kappa shape index (κ1) is 18.0. The molecule has 1 amide bonds. The van der Waals surface area contributed by atoms with Crippen molar-refractivity contribution in [1.29, 1.82) is 0 Å². The number of hydrogen-bond acceptors (Lipinski definition) is 6. The van der Waals surface area contributed by atoms with Crippen LogP contribution < -0.4 is 5.32 Å². The Morgan fingerprint density at radius 1 is 1.40 bits per heavy atom. The minimum absolute atomic E-state index is 0.142. The smallest absolute Gasteiger partial charge is 0.341 e. The number of thiophene rings is 1. The van der Waals surface area contributed by atoms with Crippen molar-refractivity contribution in [2.24, 2.45) is 7.05 Å². The van der Waals surface area contributed by atoms with Crippen LogP contribution in [0.3, 0.4) is 0 Å². The Labute approximate surface area is 155 Å². The SMILES string of the molecule is CCOC(=O)c1c(NC(=O)CSc2nccn2C)sc2c1CCCC2. The number of amides is 1. The van der Waals surface area contributed by atoms with Crippen LogP contribution >= 0.6 is 23.1 Å². The number of nitrogens with zero attached hydrogens (tertiary/aromatic N) is 2. The van der Waals surface area contributed by atoms with Gasteiger partial charge in [-0.2, -0.15) is 0 Å². The number of thioether (sulfide) groups is 1. The lowest BCUT2D eigenvalue weighted by Gasteiger charge is -2.12. The van der Waals surface area contributed by atoms with Gasteiger partial charge in [0.25, 0.3) is 0 Å². The zero-order chi connectivity index (χ0) is 17.8. The van der Waals surface area contributed by atoms with Gasteiger partial charge in [-0.3, -0.25) is 4.79 Å². The van der Waals surface area contributed by atoms with Crippen LogP contribution in [-0.4, -0.2) is 33.8 Å². The van der Waals surface area contributed by atoms with Gasteiger partial charge in [0.15, 0.2) is 5.16 Å². The predicted molar refractivity (Wildman–Crippen MR) is 99.5 cm³/mol. The Morgan fingerprint density at radius 2 is 2.20 bits per heavy atom. The molecule has 2 aromatic rings. The second kappa shape index (κ2) is 8.05. The number of carbonyl (C=O) groups is 2. The molecule has 0 fully saturated rings. The maximum Gasteiger partial charge on any atom is 0.341 e. The molecular weight excluding hydrogens is 358 g/mol. The average Bonchev–Trinajstić information content (AvgIpc) is 3.16. The minimum atomic E-state index is -0.339. The number of aromatic nitrogens is 2. The Hall–Kier alpha value is -1.80. The Balaban J connectivity index is 1.74. The average molecular weight is 380 g/mol. The monoisotopic (exact) mass is 379 g/mol. The molecule has 2 aromatic heterocycles. The molecule has 0 unspecified atom stereocenters. The quantitative estimate of drug-likeness (QED) is 0.616. The number of esters is 1. The molecule has 0 atom stereocenters. The highest BCUT2D eigenvalue weighted by molar-refractivity contribution is 7.99. The summed E-state index contributed by atoms with van der Waals surface area (Å²) in [5.74, 6) is -0.235. The van der Waals surface area contributed by atoms with Gasteiger partial charge in [-0.05, 0) is 38.2 Å². The third-order valence-electron chi connectivity index (χ3n) is 4.01. The molecule has 0 aromatic carbocycles. The van der Waals surface area contributed by atoms with Crippen LogP contribution in [0.4, 0.5) is 5.00 Å². The van der Waals surface area contributed by atoms with Gasteiger partial charge in [0, 0.05) is 24.3 Å². The highest BCUT2D eigenvalue weighted by Crippen LogP contribution is 2.38. The van der Waals surface area contributed by atoms with E-state index in [9.17, 15) is 9.59 Å². The van der Waals surface area contributed by atoms with Crippen molar-refractivity contribution in [1.82, 2.24) is 9.55 Å². The molecule has 0 saturated heterocycles. The van der Waals surface area contributed by atoms with Crippen LogP contribution in [0.1, 0.15) is 40.6 Å². The van der Waals surface area contributed by atoms with Crippen molar-refractivity contribution < 1.29 is 14.3 Å². The maximum absolute atomic E-state index is 12.4. The Kier molecular flexibility index (Phi) is 5.80. The molecule has 0 spiro atoms. The summed E-state index contributed by atoms with van der Waals surface area (Å²) in [5.41, 5.74) is 1.61. The molecule has 1 N–H and O–H groups in total. The van der Waals surface area contributed by atoms with Crippen LogP contribution in [0.5, 0.6) is 0 Å². The molecule has 0 bridgehead atoms. The lowest BCUT2D eigenvalue weighted by Crippen LogP contribution is -2.17. The van der Waals surface area contributed by atoms with Crippen molar-refractivity contribution in [2.45, 2.75) is 37.8 Å². The largest absolute Gasteiger partial charge is 0.462 e. The molecule has 0 aliphatic heterocycles. The minimum Gasteiger partial charge on any atom is -0.462 e. The number of rotatable bonds is 6. The number of imidazole rings is 1. The van der Waals surface area contributed by atoms with Crippen LogP contribution in [0, 0.1) is 0 Å². The molecule has 0 saturated carbocycles. The van der Waals surface area contributed by atoms with Crippen molar-refractivity contribution in [3.63, 3.8) is 0 Å². The van der Waals surface area contributed by atoms with Crippen LogP contribution in [0.25, 0.3) is 0 Å². The van der Waals surface area contributed by atoms with Gasteiger partial charge in [0.1, 0.15) is 5.00 Å². The van der Waals surface area contributed by atoms with E-state index in [4.69, 9.17) is 4.74 Å². The third-order valence-corrected chi connectivity index (χ3v) is 6.28. The lowest BCUT2D eigenvalue weighted by molar-refractivity contribution is -0.113. The number of nitrogens with one attached hydrogen (secondary N) is 1. The number of hydrogen-bond donors (Lipinski definition) is 1. The van der Waals surface area contributed by atoms with Gasteiger partial charge in [-0.1, -0.05) is 11.8 Å². The number of anilines is 1. The second-order valence-corrected chi connectivity index (χ2v) is 7.84. The summed E-state index contributed by atoms with van der Waals surface area (Å²) in [7, 11) is 1.89. The van der Waals surface area contributed by atoms with Gasteiger partial charge in [0.05, 0.1) is 17.9 Å². The standard InChI is InChI=1S/C17H21N3O3S2/c1-3-23-16(22)14-11-6-4-5-7-12(11)25-15(14)19-13(21)10-24-17-18-8-9-20(17)2/h8-9H,3-7,10H2,1-2H3,(H,19,21). The van der Waals surface area contributed by atoms with Crippen molar-refractivity contribution >= 4 is 40.0 Å². The Bertz CT molecular complexity index is 782. The van der Waals surface area contributed by atoms with E-state index in [2.05, 4.69) is 10.3 Å². The lowest BCUT2D eigenvalue weighted by atomic mass is 9.95. The highest BCUT2D eigenvalue weighted by atomic mass is 32.2. The fourth-order valence-corrected chi connectivity index (χ4v) is 4.88. The van der Waals surface area contributed by atoms with E-state index in [1.54, 1.807) is 13.1 Å². The van der Waals surface area contributed by atoms with Gasteiger partial charge in [-0.15, -0.1) is 11.3 Å². The summed E-state index contributed by atoms with van der Waals surface area (Å²) in [6, 6.07) is 0. The zero-order valence-corrected chi connectivity index (χ0v) is 16.0. The van der Waals surface area contributed by atoms with Gasteiger partial charge in [-0.25, -0.2) is 9.78 Å². The van der Waals surface area contributed by atoms with E-state index in [0.29, 0.717) is 17.2 Å². The molecular formula is C17H21N3O3S2. The highest BCUT2D eigenvalue weighted by Gasteiger charge is 2.27. The summed E-state index contributed by atoms with van der Waals surface area (Å²) < 4.78 is 7.07. The number of carbonyl (C=O) groups excluding carboxylic acids is 2. The van der Waals surface area contributed by atoms with Crippen LogP contribution in [-0.2, 0) is 29.4 Å². The van der Waals surface area contributed by atoms with E-state index in [1.165, 1.54) is 28.0 Å². The van der Waals surface area contributed by atoms with Crippen LogP contribution in [0.15, 0.2) is 17.6 Å². The first-order valence-electron chi connectivity index (χ1n) is 8.31. The molecule has 134 valence electrons. The summed E-state index contributed by atoms with van der Waals surface area (Å²) in [6.07, 6.45) is 7.57. The summed E-state index contributed by atoms with van der Waals surface area (Å²) in [4.78, 5) is 30.1. The van der Waals surface area contributed by atoms with E-state index >= 15 is 0 Å². The Morgan fingerprint density at radius 3 is 2.92 bits per heavy atom. The third kappa shape index (κ3) is 4.07. The molecule has 8 heteroatoms. The fraction of sp³-hybridized carbons (Fsp3) is 0.471. The topological polar surface area (TPSA) is 73.2 Å². The maximum atomic E-state index is 12.4. The van der Waals surface area contributed by atoms with Crippen molar-refractivity contribution in [2.75, 3.05) is 17.7 Å². The summed E-state index contributed by atoms with van der Waals surface area (Å²) >= 11 is 2.88. The normalized spacial score (nSPS) is 13.4. The molecule has 0 radical (unpaired) electrons. The van der Waals surface area contributed by atoms with E-state index < -0.39 is 0 Å². The number of fused-ring (bicyclic) bond motifs is 1.